The summed E-state index contributed by atoms with van der Waals surface area (Å²) in [6.45, 7) is 18.9. The first-order chi connectivity index (χ1) is 17.6. The highest BCUT2D eigenvalue weighted by Crippen LogP contribution is 2.29. The molecule has 2 aliphatic heterocycles. The fraction of sp³-hybridized carbons (Fsp3) is 1.00. The number of hydrogen-bond donors (Lipinski definition) is 0. The number of epoxide rings is 2. The Labute approximate surface area is 224 Å². The lowest BCUT2D eigenvalue weighted by Gasteiger charge is -2.41. The zero-order valence-electron chi connectivity index (χ0n) is 24.1. The fourth-order valence-corrected chi connectivity index (χ4v) is 8.55. The quantitative estimate of drug-likeness (QED) is 0.0992. The summed E-state index contributed by atoms with van der Waals surface area (Å²) in [7, 11) is -3.37. The van der Waals surface area contributed by atoms with Gasteiger partial charge in [0.05, 0.1) is 26.4 Å². The van der Waals surface area contributed by atoms with E-state index in [-0.39, 0.29) is 23.7 Å². The van der Waals surface area contributed by atoms with Crippen LogP contribution < -0.4 is 0 Å². The van der Waals surface area contributed by atoms with Gasteiger partial charge < -0.3 is 36.7 Å². The average Bonchev–Trinajstić information content (AvgIpc) is 3.81. The van der Waals surface area contributed by atoms with E-state index in [1.807, 2.05) is 0 Å². The van der Waals surface area contributed by atoms with Gasteiger partial charge in [-0.15, -0.1) is 0 Å². The zero-order chi connectivity index (χ0) is 26.5. The number of hydrogen-bond acceptors (Lipinski definition) is 8. The molecule has 0 amide bonds. The second kappa shape index (κ2) is 22.0. The molecule has 0 radical (unpaired) electrons. The summed E-state index contributed by atoms with van der Waals surface area (Å²) < 4.78 is 47.0. The Balaban J connectivity index is 0.000000613. The highest BCUT2D eigenvalue weighted by atomic mass is 28.4. The molecule has 0 aromatic heterocycles. The molecule has 2 saturated heterocycles. The van der Waals surface area contributed by atoms with Crippen molar-refractivity contribution in [2.24, 2.45) is 0 Å². The smallest absolute Gasteiger partial charge is 0.397 e. The van der Waals surface area contributed by atoms with Crippen molar-refractivity contribution >= 4 is 18.6 Å². The first kappa shape index (κ1) is 34.1. The Morgan fingerprint density at radius 1 is 0.667 bits per heavy atom. The van der Waals surface area contributed by atoms with E-state index < -0.39 is 18.6 Å². The first-order valence-corrected chi connectivity index (χ1v) is 17.6. The number of rotatable bonds is 24. The lowest BCUT2D eigenvalue weighted by atomic mass is 10.4. The largest absolute Gasteiger partial charge is 0.399 e. The molecule has 36 heavy (non-hydrogen) atoms. The maximum absolute atomic E-state index is 6.61. The highest BCUT2D eigenvalue weighted by molar-refractivity contribution is 6.70. The number of ether oxygens (including phenoxy) is 4. The van der Waals surface area contributed by atoms with Crippen LogP contribution in [0.5, 0.6) is 0 Å². The van der Waals surface area contributed by atoms with E-state index in [1.54, 1.807) is 0 Å². The van der Waals surface area contributed by atoms with Crippen LogP contribution in [0.25, 0.3) is 0 Å². The van der Waals surface area contributed by atoms with Crippen molar-refractivity contribution in [1.82, 2.24) is 0 Å². The molecule has 0 saturated carbocycles. The van der Waals surface area contributed by atoms with Crippen LogP contribution in [0.1, 0.15) is 92.9 Å². The van der Waals surface area contributed by atoms with Crippen LogP contribution in [-0.4, -0.2) is 95.1 Å². The van der Waals surface area contributed by atoms with E-state index in [1.165, 1.54) is 0 Å². The van der Waals surface area contributed by atoms with E-state index >= 15 is 0 Å². The van der Waals surface area contributed by atoms with Crippen LogP contribution in [0.2, 0.25) is 0 Å². The van der Waals surface area contributed by atoms with Crippen LogP contribution in [0.3, 0.4) is 0 Å². The van der Waals surface area contributed by atoms with Gasteiger partial charge in [0, 0.05) is 26.4 Å². The minimum absolute atomic E-state index is 0.0551. The topological polar surface area (TPSA) is 80.4 Å². The maximum atomic E-state index is 6.61. The van der Waals surface area contributed by atoms with Crippen LogP contribution in [0.4, 0.5) is 0 Å². The van der Waals surface area contributed by atoms with Crippen molar-refractivity contribution < 1.29 is 36.7 Å². The van der Waals surface area contributed by atoms with Crippen LogP contribution in [0, 0.1) is 0 Å². The number of unbranched alkanes of at least 4 members (excludes halogenated alkanes) is 2. The van der Waals surface area contributed by atoms with Gasteiger partial charge in [0.15, 0.2) is 0 Å². The van der Waals surface area contributed by atoms with Gasteiger partial charge in [0.2, 0.25) is 0 Å². The van der Waals surface area contributed by atoms with Crippen LogP contribution in [0.15, 0.2) is 0 Å². The summed E-state index contributed by atoms with van der Waals surface area (Å²) in [6, 6.07) is 0. The third-order valence-electron chi connectivity index (χ3n) is 5.93. The predicted octanol–water partition coefficient (Wildman–Crippen LogP) is 4.37. The van der Waals surface area contributed by atoms with Gasteiger partial charge in [-0.1, -0.05) is 54.4 Å². The van der Waals surface area contributed by atoms with Gasteiger partial charge in [-0.3, -0.25) is 0 Å². The van der Waals surface area contributed by atoms with E-state index in [4.69, 9.17) is 36.7 Å². The Kier molecular flexibility index (Phi) is 20.8. The minimum Gasteiger partial charge on any atom is -0.399 e. The second-order valence-corrected chi connectivity index (χ2v) is 13.8. The summed E-state index contributed by atoms with van der Waals surface area (Å²) in [5, 5.41) is 0. The van der Waals surface area contributed by atoms with E-state index in [0.29, 0.717) is 26.4 Å². The molecular weight excluding hydrogens is 496 g/mol. The van der Waals surface area contributed by atoms with E-state index in [2.05, 4.69) is 41.5 Å². The van der Waals surface area contributed by atoms with Crippen LogP contribution in [-0.2, 0) is 36.7 Å². The first-order valence-electron chi connectivity index (χ1n) is 14.5. The van der Waals surface area contributed by atoms with Gasteiger partial charge >= 0.3 is 18.6 Å². The summed E-state index contributed by atoms with van der Waals surface area (Å²) in [5.74, 6) is 0. The van der Waals surface area contributed by atoms with Gasteiger partial charge in [-0.05, 0) is 38.5 Å². The molecule has 2 fully saturated rings. The molecule has 0 spiro atoms. The third kappa shape index (κ3) is 14.9. The minimum atomic E-state index is -2.76. The van der Waals surface area contributed by atoms with Gasteiger partial charge in [-0.25, -0.2) is 0 Å². The molecule has 0 aromatic rings. The summed E-state index contributed by atoms with van der Waals surface area (Å²) >= 11 is 0. The average molecular weight is 553 g/mol. The Bertz CT molecular complexity index is 453. The molecule has 216 valence electrons. The molecule has 0 aliphatic carbocycles. The van der Waals surface area contributed by atoms with Crippen molar-refractivity contribution in [1.29, 1.82) is 0 Å². The molecule has 0 bridgehead atoms. The summed E-state index contributed by atoms with van der Waals surface area (Å²) in [4.78, 5) is 0. The Morgan fingerprint density at radius 2 is 1.08 bits per heavy atom. The molecule has 8 nitrogen and oxygen atoms in total. The zero-order valence-corrected chi connectivity index (χ0v) is 26.5. The Hall–Kier alpha value is 0.114. The van der Waals surface area contributed by atoms with Crippen molar-refractivity contribution in [3.8, 4) is 0 Å². The summed E-state index contributed by atoms with van der Waals surface area (Å²) in [6.07, 6.45) is 8.63. The van der Waals surface area contributed by atoms with Gasteiger partial charge in [0.25, 0.3) is 0 Å². The van der Waals surface area contributed by atoms with Crippen molar-refractivity contribution in [2.45, 2.75) is 117 Å². The standard InChI is InChI=1S/C20H40O6Si.C6H16O2Si/c1-5-9-11-25-27(26-12-10-6-2,19(7-3)23-15-17-13-21-17)20(8-4)24-16-18-14-22-18;1-3-5-7-9-8-6-4-2/h17-20H,5-16H2,1-4H3;3-6,9H2,1-2H3. The lowest BCUT2D eigenvalue weighted by Crippen LogP contribution is -2.64. The monoisotopic (exact) mass is 552 g/mol. The lowest BCUT2D eigenvalue weighted by molar-refractivity contribution is -0.0129. The maximum Gasteiger partial charge on any atom is 0.397 e. The van der Waals surface area contributed by atoms with Gasteiger partial charge in [0.1, 0.15) is 23.7 Å². The molecular formula is C26H56O8Si2. The van der Waals surface area contributed by atoms with Gasteiger partial charge in [-0.2, -0.15) is 0 Å². The normalized spacial score (nSPS) is 20.5. The predicted molar refractivity (Wildman–Crippen MR) is 148 cm³/mol. The molecule has 0 aromatic carbocycles. The molecule has 4 unspecified atom stereocenters. The molecule has 2 rings (SSSR count). The molecule has 0 N–H and O–H groups in total. The molecule has 4 atom stereocenters. The summed E-state index contributed by atoms with van der Waals surface area (Å²) in [5.41, 5.74) is -0.110. The SMILES string of the molecule is CCCCO[Si](OCCCC)(C(CC)OCC1CO1)C(CC)OCC1CO1.CCCO[SiH2]OCCC. The molecule has 2 heterocycles. The molecule has 10 heteroatoms. The van der Waals surface area contributed by atoms with E-state index in [0.717, 1.165) is 77.8 Å². The van der Waals surface area contributed by atoms with E-state index in [9.17, 15) is 0 Å². The van der Waals surface area contributed by atoms with Crippen molar-refractivity contribution in [3.63, 3.8) is 0 Å². The molecule has 2 aliphatic rings. The fourth-order valence-electron chi connectivity index (χ4n) is 3.65. The highest BCUT2D eigenvalue weighted by Gasteiger charge is 2.54. The Morgan fingerprint density at radius 3 is 1.39 bits per heavy atom. The van der Waals surface area contributed by atoms with Crippen molar-refractivity contribution in [3.05, 3.63) is 0 Å². The van der Waals surface area contributed by atoms with Crippen LogP contribution >= 0.6 is 0 Å². The second-order valence-electron chi connectivity index (χ2n) is 9.43. The third-order valence-corrected chi connectivity index (χ3v) is 11.1. The van der Waals surface area contributed by atoms with Crippen molar-refractivity contribution in [2.75, 3.05) is 52.9 Å².